The van der Waals surface area contributed by atoms with Crippen molar-refractivity contribution in [1.29, 1.82) is 0 Å². The van der Waals surface area contributed by atoms with Gasteiger partial charge in [0.2, 0.25) is 5.91 Å². The van der Waals surface area contributed by atoms with Crippen molar-refractivity contribution in [2.75, 3.05) is 33.4 Å². The van der Waals surface area contributed by atoms with Crippen molar-refractivity contribution in [3.05, 3.63) is 35.8 Å². The minimum absolute atomic E-state index is 0.00498. The lowest BCUT2D eigenvalue weighted by atomic mass is 9.97. The second kappa shape index (κ2) is 6.81. The molecule has 1 aliphatic rings. The highest BCUT2D eigenvalue weighted by Crippen LogP contribution is 2.24. The zero-order valence-corrected chi connectivity index (χ0v) is 14.4. The van der Waals surface area contributed by atoms with Crippen molar-refractivity contribution in [1.82, 2.24) is 14.3 Å². The van der Waals surface area contributed by atoms with Gasteiger partial charge in [-0.25, -0.2) is 4.98 Å². The van der Waals surface area contributed by atoms with Gasteiger partial charge < -0.3 is 24.5 Å². The first kappa shape index (κ1) is 17.4. The van der Waals surface area contributed by atoms with Crippen LogP contribution in [0.3, 0.4) is 0 Å². The average molecular weight is 346 g/mol. The van der Waals surface area contributed by atoms with Crippen molar-refractivity contribution >= 4 is 17.5 Å². The number of amides is 2. The molecule has 1 fully saturated rings. The molecule has 2 N–H and O–H groups in total. The molecule has 0 unspecified atom stereocenters. The Hall–Kier alpha value is -2.45. The summed E-state index contributed by atoms with van der Waals surface area (Å²) in [5, 5.41) is 0. The zero-order valence-electron chi connectivity index (χ0n) is 14.4. The molecular formula is C17H22N4O4. The van der Waals surface area contributed by atoms with E-state index in [1.54, 1.807) is 11.1 Å². The summed E-state index contributed by atoms with van der Waals surface area (Å²) >= 11 is 0. The Kier molecular flexibility index (Phi) is 4.73. The minimum atomic E-state index is -0.912. The molecule has 134 valence electrons. The highest BCUT2D eigenvalue weighted by atomic mass is 16.5. The van der Waals surface area contributed by atoms with Crippen LogP contribution in [0.1, 0.15) is 22.5 Å². The first-order valence-corrected chi connectivity index (χ1v) is 8.08. The summed E-state index contributed by atoms with van der Waals surface area (Å²) < 4.78 is 12.8. The lowest BCUT2D eigenvalue weighted by Gasteiger charge is -2.41. The molecule has 8 nitrogen and oxygen atoms in total. The Labute approximate surface area is 145 Å². The van der Waals surface area contributed by atoms with E-state index < -0.39 is 11.5 Å². The maximum atomic E-state index is 12.9. The summed E-state index contributed by atoms with van der Waals surface area (Å²) in [6.45, 7) is 3.14. The van der Waals surface area contributed by atoms with Crippen molar-refractivity contribution < 1.29 is 19.1 Å². The number of carbonyl (C=O) groups excluding carboxylic acids is 2. The van der Waals surface area contributed by atoms with Gasteiger partial charge in [0.25, 0.3) is 5.91 Å². The molecular weight excluding hydrogens is 324 g/mol. The van der Waals surface area contributed by atoms with Gasteiger partial charge in [-0.3, -0.25) is 9.59 Å². The largest absolute Gasteiger partial charge is 0.382 e. The monoisotopic (exact) mass is 346 g/mol. The van der Waals surface area contributed by atoms with Crippen LogP contribution in [0.2, 0.25) is 0 Å². The minimum Gasteiger partial charge on any atom is -0.382 e. The van der Waals surface area contributed by atoms with Gasteiger partial charge in [0.1, 0.15) is 16.9 Å². The van der Waals surface area contributed by atoms with Gasteiger partial charge in [-0.1, -0.05) is 6.07 Å². The van der Waals surface area contributed by atoms with E-state index in [1.165, 1.54) is 7.11 Å². The van der Waals surface area contributed by atoms with Crippen LogP contribution in [0.4, 0.5) is 0 Å². The van der Waals surface area contributed by atoms with Gasteiger partial charge >= 0.3 is 0 Å². The van der Waals surface area contributed by atoms with Crippen molar-refractivity contribution in [3.63, 3.8) is 0 Å². The number of fused-ring (bicyclic) bond motifs is 1. The molecule has 0 bridgehead atoms. The highest BCUT2D eigenvalue weighted by molar-refractivity contribution is 5.93. The third-order valence-electron chi connectivity index (χ3n) is 4.26. The Bertz CT molecular complexity index is 799. The fraction of sp³-hybridized carbons (Fsp3) is 0.471. The SMILES string of the molecule is COC[C@]1(CC(N)=O)CN(C(=O)c2cn3cc(C)ccc3n2)CCO1. The molecule has 0 radical (unpaired) electrons. The topological polar surface area (TPSA) is 99.2 Å². The fourth-order valence-corrected chi connectivity index (χ4v) is 3.21. The molecule has 0 aromatic carbocycles. The quantitative estimate of drug-likeness (QED) is 0.843. The van der Waals surface area contributed by atoms with Crippen LogP contribution in [0.15, 0.2) is 24.5 Å². The fourth-order valence-electron chi connectivity index (χ4n) is 3.21. The van der Waals surface area contributed by atoms with E-state index >= 15 is 0 Å². The molecule has 2 aromatic rings. The van der Waals surface area contributed by atoms with Crippen LogP contribution in [-0.4, -0.2) is 65.1 Å². The first-order chi connectivity index (χ1) is 11.9. The first-order valence-electron chi connectivity index (χ1n) is 8.08. The molecule has 25 heavy (non-hydrogen) atoms. The highest BCUT2D eigenvalue weighted by Gasteiger charge is 2.40. The number of rotatable bonds is 5. The third-order valence-corrected chi connectivity index (χ3v) is 4.26. The van der Waals surface area contributed by atoms with Crippen molar-refractivity contribution in [2.45, 2.75) is 18.9 Å². The maximum absolute atomic E-state index is 12.9. The Morgan fingerprint density at radius 1 is 1.40 bits per heavy atom. The van der Waals surface area contributed by atoms with Gasteiger partial charge in [-0.15, -0.1) is 0 Å². The van der Waals surface area contributed by atoms with Crippen LogP contribution in [0.25, 0.3) is 5.65 Å². The number of nitrogens with two attached hydrogens (primary N) is 1. The van der Waals surface area contributed by atoms with Gasteiger partial charge in [0, 0.05) is 26.0 Å². The number of carbonyl (C=O) groups is 2. The lowest BCUT2D eigenvalue weighted by Crippen LogP contribution is -2.57. The third kappa shape index (κ3) is 3.64. The second-order valence-electron chi connectivity index (χ2n) is 6.43. The van der Waals surface area contributed by atoms with Gasteiger partial charge in [0.05, 0.1) is 26.2 Å². The molecule has 1 atom stereocenters. The molecule has 0 aliphatic carbocycles. The Morgan fingerprint density at radius 2 is 2.20 bits per heavy atom. The zero-order chi connectivity index (χ0) is 18.0. The van der Waals surface area contributed by atoms with Gasteiger partial charge in [-0.2, -0.15) is 0 Å². The summed E-state index contributed by atoms with van der Waals surface area (Å²) in [6, 6.07) is 3.82. The smallest absolute Gasteiger partial charge is 0.274 e. The van der Waals surface area contributed by atoms with Crippen LogP contribution in [0.5, 0.6) is 0 Å². The van der Waals surface area contributed by atoms with Crippen LogP contribution in [0, 0.1) is 6.92 Å². The van der Waals surface area contributed by atoms with E-state index in [9.17, 15) is 9.59 Å². The van der Waals surface area contributed by atoms with Crippen LogP contribution >= 0.6 is 0 Å². The number of methoxy groups -OCH3 is 1. The maximum Gasteiger partial charge on any atom is 0.274 e. The number of imidazole rings is 1. The number of pyridine rings is 1. The number of hydrogen-bond acceptors (Lipinski definition) is 5. The number of primary amides is 1. The standard InChI is InChI=1S/C17H22N4O4/c1-12-3-4-15-19-13(9-21(15)8-12)16(23)20-5-6-25-17(10-20,11-24-2)7-14(18)22/h3-4,8-9H,5-7,10-11H2,1-2H3,(H2,18,22)/t17-/m0/s1. The molecule has 3 heterocycles. The number of aryl methyl sites for hydroxylation is 1. The number of hydrogen-bond donors (Lipinski definition) is 1. The number of ether oxygens (including phenoxy) is 2. The average Bonchev–Trinajstić information content (AvgIpc) is 2.96. The normalized spacial score (nSPS) is 20.8. The predicted molar refractivity (Wildman–Crippen MR) is 90.2 cm³/mol. The van der Waals surface area contributed by atoms with E-state index in [0.29, 0.717) is 24.5 Å². The molecule has 3 rings (SSSR count). The van der Waals surface area contributed by atoms with Gasteiger partial charge in [-0.05, 0) is 18.6 Å². The van der Waals surface area contributed by atoms with Crippen molar-refractivity contribution in [3.8, 4) is 0 Å². The van der Waals surface area contributed by atoms with E-state index in [4.69, 9.17) is 15.2 Å². The molecule has 0 spiro atoms. The van der Waals surface area contributed by atoms with Crippen LogP contribution in [-0.2, 0) is 14.3 Å². The predicted octanol–water partition coefficient (Wildman–Crippen LogP) is 0.376. The molecule has 1 aliphatic heterocycles. The summed E-state index contributed by atoms with van der Waals surface area (Å²) in [5.41, 5.74) is 6.58. The second-order valence-corrected chi connectivity index (χ2v) is 6.43. The number of aromatic nitrogens is 2. The molecule has 2 amide bonds. The molecule has 1 saturated heterocycles. The number of morpholine rings is 1. The summed E-state index contributed by atoms with van der Waals surface area (Å²) in [4.78, 5) is 30.3. The Morgan fingerprint density at radius 3 is 2.92 bits per heavy atom. The summed E-state index contributed by atoms with van der Waals surface area (Å²) in [6.07, 6.45) is 3.63. The van der Waals surface area contributed by atoms with Crippen molar-refractivity contribution in [2.24, 2.45) is 5.73 Å². The molecule has 8 heteroatoms. The van der Waals surface area contributed by atoms with E-state index in [2.05, 4.69) is 4.98 Å². The van der Waals surface area contributed by atoms with Gasteiger partial charge in [0.15, 0.2) is 0 Å². The number of nitrogens with zero attached hydrogens (tertiary/aromatic N) is 3. The Balaban J connectivity index is 1.83. The summed E-state index contributed by atoms with van der Waals surface area (Å²) in [5.74, 6) is -0.691. The lowest BCUT2D eigenvalue weighted by molar-refractivity contribution is -0.148. The molecule has 0 saturated carbocycles. The molecule has 2 aromatic heterocycles. The van der Waals surface area contributed by atoms with E-state index in [1.807, 2.05) is 29.7 Å². The van der Waals surface area contributed by atoms with E-state index in [-0.39, 0.29) is 25.5 Å². The van der Waals surface area contributed by atoms with Crippen LogP contribution < -0.4 is 5.73 Å². The summed E-state index contributed by atoms with van der Waals surface area (Å²) in [7, 11) is 1.53. The van der Waals surface area contributed by atoms with E-state index in [0.717, 1.165) is 5.56 Å².